The first-order valence-electron chi connectivity index (χ1n) is 7.73. The van der Waals surface area contributed by atoms with Crippen LogP contribution >= 0.6 is 0 Å². The first-order valence-corrected chi connectivity index (χ1v) is 7.73. The van der Waals surface area contributed by atoms with Crippen LogP contribution in [0.5, 0.6) is 0 Å². The first-order chi connectivity index (χ1) is 9.19. The largest absolute Gasteiger partial charge is 0.466 e. The summed E-state index contributed by atoms with van der Waals surface area (Å²) in [7, 11) is 0. The minimum atomic E-state index is -0.00524. The van der Waals surface area contributed by atoms with E-state index in [1.54, 1.807) is 0 Å². The molecule has 2 fully saturated rings. The van der Waals surface area contributed by atoms with E-state index in [1.807, 2.05) is 6.92 Å². The van der Waals surface area contributed by atoms with E-state index in [1.165, 1.54) is 6.42 Å². The van der Waals surface area contributed by atoms with Crippen LogP contribution in [0, 0.1) is 5.92 Å². The van der Waals surface area contributed by atoms with E-state index in [2.05, 4.69) is 12.2 Å². The molecule has 0 aromatic heterocycles. The van der Waals surface area contributed by atoms with Crippen molar-refractivity contribution in [2.45, 2.75) is 70.6 Å². The van der Waals surface area contributed by atoms with Gasteiger partial charge in [-0.2, -0.15) is 0 Å². The Morgan fingerprint density at radius 2 is 2.05 bits per heavy atom. The quantitative estimate of drug-likeness (QED) is 0.795. The molecule has 1 heterocycles. The first kappa shape index (κ1) is 14.8. The minimum absolute atomic E-state index is 0.00524. The van der Waals surface area contributed by atoms with Gasteiger partial charge in [0.05, 0.1) is 18.6 Å². The molecule has 1 N–H and O–H groups in total. The smallest absolute Gasteiger partial charge is 0.308 e. The normalized spacial score (nSPS) is 35.9. The number of esters is 1. The van der Waals surface area contributed by atoms with Crippen molar-refractivity contribution >= 4 is 5.97 Å². The molecule has 4 nitrogen and oxygen atoms in total. The lowest BCUT2D eigenvalue weighted by Crippen LogP contribution is -2.46. The van der Waals surface area contributed by atoms with E-state index in [9.17, 15) is 4.79 Å². The summed E-state index contributed by atoms with van der Waals surface area (Å²) < 4.78 is 10.7. The average molecular weight is 269 g/mol. The summed E-state index contributed by atoms with van der Waals surface area (Å²) in [6.45, 7) is 5.35. The molecule has 1 saturated carbocycles. The molecule has 4 heteroatoms. The molecule has 2 rings (SSSR count). The summed E-state index contributed by atoms with van der Waals surface area (Å²) in [5.74, 6) is 0.0952. The zero-order valence-corrected chi connectivity index (χ0v) is 12.2. The SMILES string of the molecule is CCOC(=O)C1CCCC(NC2CCOC(C)C2)C1. The van der Waals surface area contributed by atoms with E-state index in [4.69, 9.17) is 9.47 Å². The van der Waals surface area contributed by atoms with Gasteiger partial charge in [0.25, 0.3) is 0 Å². The van der Waals surface area contributed by atoms with Crippen LogP contribution < -0.4 is 5.32 Å². The van der Waals surface area contributed by atoms with Crippen LogP contribution in [0.1, 0.15) is 52.4 Å². The van der Waals surface area contributed by atoms with Gasteiger partial charge in [-0.25, -0.2) is 0 Å². The predicted molar refractivity (Wildman–Crippen MR) is 74.0 cm³/mol. The van der Waals surface area contributed by atoms with Gasteiger partial charge in [0.15, 0.2) is 0 Å². The summed E-state index contributed by atoms with van der Waals surface area (Å²) in [5.41, 5.74) is 0. The van der Waals surface area contributed by atoms with Gasteiger partial charge in [0, 0.05) is 18.7 Å². The molecule has 0 aromatic rings. The van der Waals surface area contributed by atoms with Gasteiger partial charge in [0.2, 0.25) is 0 Å². The van der Waals surface area contributed by atoms with Crippen molar-refractivity contribution in [2.24, 2.45) is 5.92 Å². The molecule has 1 saturated heterocycles. The van der Waals surface area contributed by atoms with Crippen molar-refractivity contribution in [3.8, 4) is 0 Å². The zero-order valence-electron chi connectivity index (χ0n) is 12.2. The Morgan fingerprint density at radius 1 is 1.26 bits per heavy atom. The van der Waals surface area contributed by atoms with Gasteiger partial charge in [-0.15, -0.1) is 0 Å². The van der Waals surface area contributed by atoms with E-state index < -0.39 is 0 Å². The molecular weight excluding hydrogens is 242 g/mol. The summed E-state index contributed by atoms with van der Waals surface area (Å²) in [6, 6.07) is 1.02. The van der Waals surface area contributed by atoms with Crippen LogP contribution in [0.3, 0.4) is 0 Å². The van der Waals surface area contributed by atoms with Crippen LogP contribution in [-0.2, 0) is 14.3 Å². The van der Waals surface area contributed by atoms with Crippen molar-refractivity contribution in [1.82, 2.24) is 5.32 Å². The Labute approximate surface area is 116 Å². The van der Waals surface area contributed by atoms with Crippen LogP contribution in [0.2, 0.25) is 0 Å². The number of hydrogen-bond acceptors (Lipinski definition) is 4. The number of carbonyl (C=O) groups excluding carboxylic acids is 1. The highest BCUT2D eigenvalue weighted by Gasteiger charge is 2.30. The van der Waals surface area contributed by atoms with Crippen LogP contribution in [0.4, 0.5) is 0 Å². The van der Waals surface area contributed by atoms with Crippen molar-refractivity contribution in [3.63, 3.8) is 0 Å². The molecule has 2 aliphatic rings. The second kappa shape index (κ2) is 7.25. The standard InChI is InChI=1S/C15H27NO3/c1-3-18-15(17)12-5-4-6-13(10-12)16-14-7-8-19-11(2)9-14/h11-14,16H,3-10H2,1-2H3. The molecule has 110 valence electrons. The summed E-state index contributed by atoms with van der Waals surface area (Å²) >= 11 is 0. The predicted octanol–water partition coefficient (Wildman–Crippen LogP) is 2.27. The fourth-order valence-corrected chi connectivity index (χ4v) is 3.30. The maximum Gasteiger partial charge on any atom is 0.308 e. The van der Waals surface area contributed by atoms with Gasteiger partial charge < -0.3 is 14.8 Å². The third kappa shape index (κ3) is 4.46. The second-order valence-corrected chi connectivity index (χ2v) is 5.88. The molecule has 0 aromatic carbocycles. The van der Waals surface area contributed by atoms with E-state index in [0.29, 0.717) is 24.8 Å². The molecule has 1 aliphatic carbocycles. The molecule has 0 radical (unpaired) electrons. The average Bonchev–Trinajstić information content (AvgIpc) is 2.39. The highest BCUT2D eigenvalue weighted by Crippen LogP contribution is 2.27. The third-order valence-electron chi connectivity index (χ3n) is 4.25. The van der Waals surface area contributed by atoms with Crippen molar-refractivity contribution in [1.29, 1.82) is 0 Å². The van der Waals surface area contributed by atoms with Gasteiger partial charge >= 0.3 is 5.97 Å². The molecule has 4 unspecified atom stereocenters. The molecule has 4 atom stereocenters. The van der Waals surface area contributed by atoms with Crippen LogP contribution in [0.15, 0.2) is 0 Å². The Bertz CT molecular complexity index is 295. The topological polar surface area (TPSA) is 47.6 Å². The summed E-state index contributed by atoms with van der Waals surface area (Å²) in [4.78, 5) is 11.8. The van der Waals surface area contributed by atoms with E-state index >= 15 is 0 Å². The Kier molecular flexibility index (Phi) is 5.64. The second-order valence-electron chi connectivity index (χ2n) is 5.88. The lowest BCUT2D eigenvalue weighted by Gasteiger charge is -2.35. The fraction of sp³-hybridized carbons (Fsp3) is 0.933. The highest BCUT2D eigenvalue weighted by atomic mass is 16.5. The molecular formula is C15H27NO3. The molecule has 1 aliphatic heterocycles. The Morgan fingerprint density at radius 3 is 2.79 bits per heavy atom. The Hall–Kier alpha value is -0.610. The van der Waals surface area contributed by atoms with Gasteiger partial charge in [-0.1, -0.05) is 6.42 Å². The number of nitrogens with one attached hydrogen (secondary N) is 1. The molecule has 0 bridgehead atoms. The lowest BCUT2D eigenvalue weighted by atomic mass is 9.85. The maximum absolute atomic E-state index is 11.8. The van der Waals surface area contributed by atoms with Gasteiger partial charge in [-0.3, -0.25) is 4.79 Å². The highest BCUT2D eigenvalue weighted by molar-refractivity contribution is 5.72. The maximum atomic E-state index is 11.8. The number of carbonyl (C=O) groups is 1. The summed E-state index contributed by atoms with van der Waals surface area (Å²) in [6.07, 6.45) is 6.76. The van der Waals surface area contributed by atoms with Gasteiger partial charge in [-0.05, 0) is 46.0 Å². The van der Waals surface area contributed by atoms with E-state index in [-0.39, 0.29) is 11.9 Å². The number of ether oxygens (including phenoxy) is 2. The monoisotopic (exact) mass is 269 g/mol. The Balaban J connectivity index is 1.78. The van der Waals surface area contributed by atoms with Crippen molar-refractivity contribution in [2.75, 3.05) is 13.2 Å². The van der Waals surface area contributed by atoms with E-state index in [0.717, 1.165) is 38.7 Å². The summed E-state index contributed by atoms with van der Waals surface area (Å²) in [5, 5.41) is 3.73. The molecule has 0 spiro atoms. The van der Waals surface area contributed by atoms with Crippen molar-refractivity contribution in [3.05, 3.63) is 0 Å². The van der Waals surface area contributed by atoms with Crippen molar-refractivity contribution < 1.29 is 14.3 Å². The molecule has 0 amide bonds. The minimum Gasteiger partial charge on any atom is -0.466 e. The number of hydrogen-bond donors (Lipinski definition) is 1. The fourth-order valence-electron chi connectivity index (χ4n) is 3.30. The zero-order chi connectivity index (χ0) is 13.7. The van der Waals surface area contributed by atoms with Gasteiger partial charge in [0.1, 0.15) is 0 Å². The third-order valence-corrected chi connectivity index (χ3v) is 4.25. The van der Waals surface area contributed by atoms with Crippen LogP contribution in [0.25, 0.3) is 0 Å². The molecule has 19 heavy (non-hydrogen) atoms. The number of rotatable bonds is 4. The lowest BCUT2D eigenvalue weighted by molar-refractivity contribution is -0.149. The van der Waals surface area contributed by atoms with Crippen LogP contribution in [-0.4, -0.2) is 37.4 Å².